The Labute approximate surface area is 121 Å². The molecule has 0 heterocycles. The normalized spacial score (nSPS) is 28.3. The minimum atomic E-state index is -0.262. The summed E-state index contributed by atoms with van der Waals surface area (Å²) in [4.78, 5) is 12.1. The third-order valence-corrected chi connectivity index (χ3v) is 5.58. The van der Waals surface area contributed by atoms with Gasteiger partial charge in [0.05, 0.1) is 12.2 Å². The highest BCUT2D eigenvalue weighted by Crippen LogP contribution is 2.55. The third kappa shape index (κ3) is 2.54. The van der Waals surface area contributed by atoms with Crippen LogP contribution < -0.4 is 5.73 Å². The number of nitrogen functional groups attached to an aromatic ring is 1. The molecule has 0 radical (unpaired) electrons. The Morgan fingerprint density at radius 1 is 1.30 bits per heavy atom. The van der Waals surface area contributed by atoms with Crippen LogP contribution in [0.1, 0.15) is 50.9 Å². The monoisotopic (exact) mass is 275 g/mol. The van der Waals surface area contributed by atoms with E-state index < -0.39 is 0 Å². The Hall–Kier alpha value is -1.51. The first kappa shape index (κ1) is 14.9. The molecule has 0 unspecified atom stereocenters. The molecule has 110 valence electrons. The lowest BCUT2D eigenvalue weighted by atomic mass is 9.66. The first-order chi connectivity index (χ1) is 9.26. The van der Waals surface area contributed by atoms with E-state index in [1.807, 2.05) is 0 Å². The third-order valence-electron chi connectivity index (χ3n) is 5.58. The molecule has 0 aliphatic heterocycles. The fourth-order valence-electron chi connectivity index (χ4n) is 3.00. The fraction of sp³-hybridized carbons (Fsp3) is 0.588. The molecule has 1 aromatic rings. The first-order valence-electron chi connectivity index (χ1n) is 7.29. The smallest absolute Gasteiger partial charge is 0.338 e. The molecule has 20 heavy (non-hydrogen) atoms. The van der Waals surface area contributed by atoms with Crippen LogP contribution >= 0.6 is 0 Å². The van der Waals surface area contributed by atoms with Crippen molar-refractivity contribution in [2.75, 3.05) is 12.3 Å². The van der Waals surface area contributed by atoms with Gasteiger partial charge in [-0.15, -0.1) is 0 Å². The molecule has 2 rings (SSSR count). The molecule has 2 N–H and O–H groups in total. The number of nitrogens with two attached hydrogens (primary N) is 1. The van der Waals surface area contributed by atoms with E-state index >= 15 is 0 Å². The predicted molar refractivity (Wildman–Crippen MR) is 81.4 cm³/mol. The van der Waals surface area contributed by atoms with Crippen molar-refractivity contribution in [1.82, 2.24) is 0 Å². The summed E-state index contributed by atoms with van der Waals surface area (Å²) >= 11 is 0. The van der Waals surface area contributed by atoms with E-state index in [1.165, 1.54) is 6.42 Å². The quantitative estimate of drug-likeness (QED) is 0.672. The summed E-state index contributed by atoms with van der Waals surface area (Å²) in [6.07, 6.45) is 2.30. The average Bonchev–Trinajstić information content (AvgIpc) is 2.61. The number of hydrogen-bond acceptors (Lipinski definition) is 3. The van der Waals surface area contributed by atoms with Gasteiger partial charge in [-0.25, -0.2) is 4.79 Å². The fourth-order valence-corrected chi connectivity index (χ4v) is 3.00. The first-order valence-corrected chi connectivity index (χ1v) is 7.29. The van der Waals surface area contributed by atoms with Gasteiger partial charge in [-0.1, -0.05) is 27.7 Å². The highest BCUT2D eigenvalue weighted by molar-refractivity contribution is 5.89. The second kappa shape index (κ2) is 5.12. The summed E-state index contributed by atoms with van der Waals surface area (Å²) in [5, 5.41) is 0. The molecule has 3 heteroatoms. The summed E-state index contributed by atoms with van der Waals surface area (Å²) in [6, 6.07) is 6.87. The number of benzene rings is 1. The van der Waals surface area contributed by atoms with Crippen LogP contribution in [-0.4, -0.2) is 12.6 Å². The SMILES string of the molecule is C[C@@H]1CC[C@](C)(COC(=O)c2ccc(N)cc2)C1(C)C. The maximum Gasteiger partial charge on any atom is 0.338 e. The van der Waals surface area contributed by atoms with Crippen molar-refractivity contribution in [1.29, 1.82) is 0 Å². The van der Waals surface area contributed by atoms with Gasteiger partial charge in [0, 0.05) is 11.1 Å². The van der Waals surface area contributed by atoms with Gasteiger partial charge in [-0.2, -0.15) is 0 Å². The zero-order chi connectivity index (χ0) is 15.0. The number of anilines is 1. The summed E-state index contributed by atoms with van der Waals surface area (Å²) in [6.45, 7) is 9.55. The lowest BCUT2D eigenvalue weighted by Crippen LogP contribution is -2.37. The predicted octanol–water partition coefficient (Wildman–Crippen LogP) is 3.89. The Balaban J connectivity index is 2.02. The maximum absolute atomic E-state index is 12.1. The molecule has 1 saturated carbocycles. The van der Waals surface area contributed by atoms with Crippen molar-refractivity contribution in [3.05, 3.63) is 29.8 Å². The number of esters is 1. The number of carbonyl (C=O) groups is 1. The van der Waals surface area contributed by atoms with Crippen LogP contribution in [0.3, 0.4) is 0 Å². The van der Waals surface area contributed by atoms with Crippen molar-refractivity contribution in [2.24, 2.45) is 16.7 Å². The highest BCUT2D eigenvalue weighted by atomic mass is 16.5. The van der Waals surface area contributed by atoms with Crippen LogP contribution in [0, 0.1) is 16.7 Å². The van der Waals surface area contributed by atoms with Crippen LogP contribution in [-0.2, 0) is 4.74 Å². The number of carbonyl (C=O) groups excluding carboxylic acids is 1. The Morgan fingerprint density at radius 3 is 2.40 bits per heavy atom. The molecule has 1 aliphatic carbocycles. The van der Waals surface area contributed by atoms with Crippen LogP contribution in [0.2, 0.25) is 0 Å². The highest BCUT2D eigenvalue weighted by Gasteiger charge is 2.50. The Bertz CT molecular complexity index is 492. The second-order valence-corrected chi connectivity index (χ2v) is 6.92. The van der Waals surface area contributed by atoms with E-state index in [0.29, 0.717) is 23.8 Å². The molecule has 0 saturated heterocycles. The van der Waals surface area contributed by atoms with Crippen LogP contribution in [0.4, 0.5) is 5.69 Å². The van der Waals surface area contributed by atoms with Gasteiger partial charge in [0.25, 0.3) is 0 Å². The van der Waals surface area contributed by atoms with Gasteiger partial charge in [0.2, 0.25) is 0 Å². The van der Waals surface area contributed by atoms with Crippen molar-refractivity contribution < 1.29 is 9.53 Å². The van der Waals surface area contributed by atoms with Crippen LogP contribution in [0.25, 0.3) is 0 Å². The largest absolute Gasteiger partial charge is 0.461 e. The van der Waals surface area contributed by atoms with E-state index in [1.54, 1.807) is 24.3 Å². The van der Waals surface area contributed by atoms with Crippen molar-refractivity contribution >= 4 is 11.7 Å². The Kier molecular flexibility index (Phi) is 3.81. The summed E-state index contributed by atoms with van der Waals surface area (Å²) < 4.78 is 5.56. The summed E-state index contributed by atoms with van der Waals surface area (Å²) in [5.74, 6) is 0.393. The average molecular weight is 275 g/mol. The standard InChI is InChI=1S/C17H25NO2/c1-12-9-10-17(4,16(12,2)3)11-20-15(19)13-5-7-14(18)8-6-13/h5-8,12H,9-11,18H2,1-4H3/t12-,17-/m1/s1. The molecule has 0 aromatic heterocycles. The minimum absolute atomic E-state index is 0.0515. The molecular weight excluding hydrogens is 250 g/mol. The van der Waals surface area contributed by atoms with Gasteiger partial charge in [0.1, 0.15) is 0 Å². The molecule has 1 fully saturated rings. The number of ether oxygens (including phenoxy) is 1. The zero-order valence-electron chi connectivity index (χ0n) is 12.9. The summed E-state index contributed by atoms with van der Waals surface area (Å²) in [5.41, 5.74) is 7.07. The summed E-state index contributed by atoms with van der Waals surface area (Å²) in [7, 11) is 0. The number of rotatable bonds is 3. The minimum Gasteiger partial charge on any atom is -0.461 e. The van der Waals surface area contributed by atoms with Crippen molar-refractivity contribution in [2.45, 2.75) is 40.5 Å². The number of hydrogen-bond donors (Lipinski definition) is 1. The van der Waals surface area contributed by atoms with E-state index in [4.69, 9.17) is 10.5 Å². The maximum atomic E-state index is 12.1. The van der Waals surface area contributed by atoms with Gasteiger partial charge < -0.3 is 10.5 Å². The molecule has 0 bridgehead atoms. The van der Waals surface area contributed by atoms with E-state index in [0.717, 1.165) is 6.42 Å². The lowest BCUT2D eigenvalue weighted by Gasteiger charge is -2.40. The van der Waals surface area contributed by atoms with E-state index in [9.17, 15) is 4.79 Å². The zero-order valence-corrected chi connectivity index (χ0v) is 12.9. The molecule has 1 aromatic carbocycles. The topological polar surface area (TPSA) is 52.3 Å². The second-order valence-electron chi connectivity index (χ2n) is 6.92. The van der Waals surface area contributed by atoms with Crippen molar-refractivity contribution in [3.8, 4) is 0 Å². The molecule has 2 atom stereocenters. The van der Waals surface area contributed by atoms with Gasteiger partial charge >= 0.3 is 5.97 Å². The molecular formula is C17H25NO2. The van der Waals surface area contributed by atoms with Gasteiger partial charge in [-0.05, 0) is 48.4 Å². The molecule has 0 spiro atoms. The molecule has 0 amide bonds. The van der Waals surface area contributed by atoms with Crippen LogP contribution in [0.15, 0.2) is 24.3 Å². The Morgan fingerprint density at radius 2 is 1.90 bits per heavy atom. The van der Waals surface area contributed by atoms with E-state index in [-0.39, 0.29) is 16.8 Å². The lowest BCUT2D eigenvalue weighted by molar-refractivity contribution is -0.00349. The van der Waals surface area contributed by atoms with E-state index in [2.05, 4.69) is 27.7 Å². The van der Waals surface area contributed by atoms with Gasteiger partial charge in [-0.3, -0.25) is 0 Å². The molecule has 3 nitrogen and oxygen atoms in total. The van der Waals surface area contributed by atoms with Crippen molar-refractivity contribution in [3.63, 3.8) is 0 Å². The van der Waals surface area contributed by atoms with Crippen LogP contribution in [0.5, 0.6) is 0 Å². The molecule has 1 aliphatic rings. The van der Waals surface area contributed by atoms with Gasteiger partial charge in [0.15, 0.2) is 0 Å².